The summed E-state index contributed by atoms with van der Waals surface area (Å²) in [6, 6.07) is 8.24. The molecule has 1 aromatic carbocycles. The van der Waals surface area contributed by atoms with Crippen molar-refractivity contribution >= 4 is 9.84 Å². The van der Waals surface area contributed by atoms with E-state index in [1.165, 1.54) is 18.9 Å². The predicted octanol–water partition coefficient (Wildman–Crippen LogP) is 4.03. The van der Waals surface area contributed by atoms with Gasteiger partial charge in [0.2, 0.25) is 0 Å². The van der Waals surface area contributed by atoms with Crippen molar-refractivity contribution in [3.8, 4) is 0 Å². The lowest BCUT2D eigenvalue weighted by molar-refractivity contribution is 0.271. The Labute approximate surface area is 133 Å². The second-order valence-corrected chi connectivity index (χ2v) is 6.82. The Balaban J connectivity index is 2.47. The fourth-order valence-electron chi connectivity index (χ4n) is 1.83. The first-order valence-corrected chi connectivity index (χ1v) is 9.10. The van der Waals surface area contributed by atoms with E-state index in [0.717, 1.165) is 18.2 Å². The van der Waals surface area contributed by atoms with E-state index in [-0.39, 0.29) is 4.90 Å². The van der Waals surface area contributed by atoms with Crippen LogP contribution >= 0.6 is 0 Å². The zero-order valence-electron chi connectivity index (χ0n) is 12.9. The zero-order chi connectivity index (χ0) is 16.3. The predicted molar refractivity (Wildman–Crippen MR) is 91.2 cm³/mol. The molecular weight excluding hydrogens is 296 g/mol. The highest BCUT2D eigenvalue weighted by molar-refractivity contribution is 7.94. The number of allylic oxidation sites excluding steroid dienone is 3. The number of hydrogen-bond donors (Lipinski definition) is 1. The summed E-state index contributed by atoms with van der Waals surface area (Å²) in [4.78, 5) is 0.260. The monoisotopic (exact) mass is 320 g/mol. The van der Waals surface area contributed by atoms with Gasteiger partial charge in [-0.05, 0) is 25.0 Å². The second kappa shape index (κ2) is 10.1. The van der Waals surface area contributed by atoms with Crippen LogP contribution in [0.2, 0.25) is 0 Å². The number of rotatable bonds is 9. The highest BCUT2D eigenvalue weighted by atomic mass is 32.2. The molecule has 1 aromatic rings. The third-order valence-electron chi connectivity index (χ3n) is 3.06. The van der Waals surface area contributed by atoms with Gasteiger partial charge in [0.25, 0.3) is 0 Å². The van der Waals surface area contributed by atoms with Gasteiger partial charge in [0, 0.05) is 5.41 Å². The van der Waals surface area contributed by atoms with Crippen LogP contribution < -0.4 is 0 Å². The molecular formula is C18H24O3S. The molecule has 0 spiro atoms. The van der Waals surface area contributed by atoms with Gasteiger partial charge >= 0.3 is 0 Å². The quantitative estimate of drug-likeness (QED) is 0.424. The summed E-state index contributed by atoms with van der Waals surface area (Å²) in [5, 5.41) is 10.8. The van der Waals surface area contributed by atoms with Gasteiger partial charge in [0.15, 0.2) is 9.84 Å². The van der Waals surface area contributed by atoms with Crippen LogP contribution in [-0.4, -0.2) is 19.6 Å². The molecule has 0 amide bonds. The molecule has 0 heterocycles. The minimum absolute atomic E-state index is 0.260. The minimum atomic E-state index is -3.42. The van der Waals surface area contributed by atoms with Crippen LogP contribution in [0.4, 0.5) is 0 Å². The van der Waals surface area contributed by atoms with E-state index in [4.69, 9.17) is 0 Å². The minimum Gasteiger partial charge on any atom is -0.385 e. The fourth-order valence-corrected chi connectivity index (χ4v) is 2.82. The Morgan fingerprint density at radius 1 is 1.09 bits per heavy atom. The first-order chi connectivity index (χ1) is 10.6. The van der Waals surface area contributed by atoms with Crippen molar-refractivity contribution in [1.82, 2.24) is 0 Å². The Bertz CT molecular complexity index is 598. The highest BCUT2D eigenvalue weighted by Gasteiger charge is 2.07. The third-order valence-corrected chi connectivity index (χ3v) is 4.50. The molecule has 0 aromatic heterocycles. The van der Waals surface area contributed by atoms with Crippen molar-refractivity contribution < 1.29 is 13.5 Å². The molecule has 3 nitrogen and oxygen atoms in total. The van der Waals surface area contributed by atoms with Crippen molar-refractivity contribution in [3.63, 3.8) is 0 Å². The fraction of sp³-hybridized carbons (Fsp3) is 0.333. The van der Waals surface area contributed by atoms with Gasteiger partial charge in [-0.15, -0.1) is 0 Å². The molecule has 1 atom stereocenters. The molecule has 120 valence electrons. The van der Waals surface area contributed by atoms with Crippen LogP contribution in [0.5, 0.6) is 0 Å². The van der Waals surface area contributed by atoms with E-state index in [9.17, 15) is 13.5 Å². The van der Waals surface area contributed by atoms with Crippen LogP contribution in [0, 0.1) is 0 Å². The summed E-state index contributed by atoms with van der Waals surface area (Å²) >= 11 is 0. The second-order valence-electron chi connectivity index (χ2n) is 4.99. The van der Waals surface area contributed by atoms with Crippen molar-refractivity contribution in [2.24, 2.45) is 0 Å². The highest BCUT2D eigenvalue weighted by Crippen LogP contribution is 2.11. The molecule has 0 unspecified atom stereocenters. The van der Waals surface area contributed by atoms with Crippen LogP contribution in [-0.2, 0) is 9.84 Å². The number of aliphatic hydroxyl groups is 1. The topological polar surface area (TPSA) is 54.4 Å². The lowest BCUT2D eigenvalue weighted by Crippen LogP contribution is -1.96. The normalized spacial score (nSPS) is 14.3. The maximum atomic E-state index is 12.0. The standard InChI is InChI=1S/C18H24O3S/c1-2-3-4-5-7-12-17(19)13-10-11-16-22(20,21)18-14-8-6-9-15-18/h6-17,19H,2-5H2,1H3/b12-7-,13-10+,16-11+/t17-/m0/s1. The number of hydrogen-bond acceptors (Lipinski definition) is 3. The summed E-state index contributed by atoms with van der Waals surface area (Å²) in [6.45, 7) is 2.15. The van der Waals surface area contributed by atoms with E-state index in [0.29, 0.717) is 0 Å². The molecule has 0 bridgehead atoms. The molecule has 0 saturated heterocycles. The molecule has 4 heteroatoms. The summed E-state index contributed by atoms with van der Waals surface area (Å²) in [6.07, 6.45) is 11.9. The summed E-state index contributed by atoms with van der Waals surface area (Å²) in [5.74, 6) is 0. The first-order valence-electron chi connectivity index (χ1n) is 7.56. The molecule has 0 aliphatic heterocycles. The molecule has 0 saturated carbocycles. The molecule has 1 N–H and O–H groups in total. The van der Waals surface area contributed by atoms with Crippen LogP contribution in [0.25, 0.3) is 0 Å². The Morgan fingerprint density at radius 3 is 2.50 bits per heavy atom. The van der Waals surface area contributed by atoms with E-state index in [2.05, 4.69) is 6.92 Å². The summed E-state index contributed by atoms with van der Waals surface area (Å²) < 4.78 is 23.9. The largest absolute Gasteiger partial charge is 0.385 e. The maximum absolute atomic E-state index is 12.0. The van der Waals surface area contributed by atoms with Gasteiger partial charge in [0.05, 0.1) is 11.0 Å². The van der Waals surface area contributed by atoms with E-state index >= 15 is 0 Å². The van der Waals surface area contributed by atoms with Crippen LogP contribution in [0.15, 0.2) is 71.0 Å². The van der Waals surface area contributed by atoms with Gasteiger partial charge < -0.3 is 5.11 Å². The van der Waals surface area contributed by atoms with E-state index in [1.807, 2.05) is 6.08 Å². The van der Waals surface area contributed by atoms with Gasteiger partial charge in [-0.25, -0.2) is 8.42 Å². The van der Waals surface area contributed by atoms with Crippen molar-refractivity contribution in [2.45, 2.75) is 43.6 Å². The van der Waals surface area contributed by atoms with E-state index in [1.54, 1.807) is 48.6 Å². The van der Waals surface area contributed by atoms with Crippen molar-refractivity contribution in [1.29, 1.82) is 0 Å². The SMILES string of the molecule is CCCCC/C=C\[C@H](O)/C=C/C=C/S(=O)(=O)c1ccccc1. The molecule has 0 radical (unpaired) electrons. The third kappa shape index (κ3) is 7.38. The van der Waals surface area contributed by atoms with Crippen molar-refractivity contribution in [3.05, 3.63) is 66.1 Å². The number of benzene rings is 1. The van der Waals surface area contributed by atoms with Gasteiger partial charge in [-0.2, -0.15) is 0 Å². The van der Waals surface area contributed by atoms with Gasteiger partial charge in [0.1, 0.15) is 0 Å². The molecule has 0 fully saturated rings. The van der Waals surface area contributed by atoms with Crippen molar-refractivity contribution in [2.75, 3.05) is 0 Å². The lowest BCUT2D eigenvalue weighted by Gasteiger charge is -1.98. The van der Waals surface area contributed by atoms with Crippen LogP contribution in [0.3, 0.4) is 0 Å². The lowest BCUT2D eigenvalue weighted by atomic mass is 10.2. The van der Waals surface area contributed by atoms with Gasteiger partial charge in [-0.1, -0.05) is 68.3 Å². The first kappa shape index (κ1) is 18.4. The number of unbranched alkanes of at least 4 members (excludes halogenated alkanes) is 3. The van der Waals surface area contributed by atoms with Gasteiger partial charge in [-0.3, -0.25) is 0 Å². The Hall–Kier alpha value is -1.65. The van der Waals surface area contributed by atoms with Crippen LogP contribution in [0.1, 0.15) is 32.6 Å². The van der Waals surface area contributed by atoms with E-state index < -0.39 is 15.9 Å². The smallest absolute Gasteiger partial charge is 0.199 e. The average molecular weight is 320 g/mol. The summed E-state index contributed by atoms with van der Waals surface area (Å²) in [5.41, 5.74) is 0. The Kier molecular flexibility index (Phi) is 8.48. The average Bonchev–Trinajstić information content (AvgIpc) is 2.52. The number of aliphatic hydroxyl groups excluding tert-OH is 1. The summed E-state index contributed by atoms with van der Waals surface area (Å²) in [7, 11) is -3.42. The number of sulfone groups is 1. The zero-order valence-corrected chi connectivity index (χ0v) is 13.7. The molecule has 22 heavy (non-hydrogen) atoms. The molecule has 0 aliphatic rings. The Morgan fingerprint density at radius 2 is 1.82 bits per heavy atom. The molecule has 0 aliphatic carbocycles. The maximum Gasteiger partial charge on any atom is 0.199 e. The molecule has 1 rings (SSSR count).